The number of amides is 1. The summed E-state index contributed by atoms with van der Waals surface area (Å²) in [6.45, 7) is 6.42. The lowest BCUT2D eigenvalue weighted by molar-refractivity contribution is 0.0804. The first kappa shape index (κ1) is 18.7. The van der Waals surface area contributed by atoms with Crippen LogP contribution in [0.4, 0.5) is 0 Å². The smallest absolute Gasteiger partial charge is 0.268 e. The van der Waals surface area contributed by atoms with Crippen molar-refractivity contribution in [3.8, 4) is 0 Å². The van der Waals surface area contributed by atoms with E-state index in [2.05, 4.69) is 27.1 Å². The van der Waals surface area contributed by atoms with Gasteiger partial charge in [0.2, 0.25) is 0 Å². The van der Waals surface area contributed by atoms with Crippen molar-refractivity contribution in [2.45, 2.75) is 64.0 Å². The van der Waals surface area contributed by atoms with Crippen LogP contribution in [0.3, 0.4) is 0 Å². The van der Waals surface area contributed by atoms with Gasteiger partial charge in [0.1, 0.15) is 5.69 Å². The SMILES string of the molecule is Cc1c(C(=O)NC2CCN(C3CCN(C)CC3)CC2)[nH]c2c1C(=O)CCC2. The first-order valence-corrected chi connectivity index (χ1v) is 10.5. The molecule has 0 spiro atoms. The standard InChI is InChI=1S/C21H32N4O2/c1-14-19-17(4-3-5-18(19)26)23-20(14)21(27)22-15-6-12-25(13-7-15)16-8-10-24(2)11-9-16/h15-16,23H,3-13H2,1-2H3,(H,22,27). The minimum Gasteiger partial charge on any atom is -0.354 e. The Morgan fingerprint density at radius 3 is 2.44 bits per heavy atom. The average Bonchev–Trinajstić information content (AvgIpc) is 3.01. The Morgan fingerprint density at radius 2 is 1.78 bits per heavy atom. The third-order valence-corrected chi connectivity index (χ3v) is 6.73. The molecule has 1 amide bonds. The summed E-state index contributed by atoms with van der Waals surface area (Å²) < 4.78 is 0. The van der Waals surface area contributed by atoms with Gasteiger partial charge < -0.3 is 20.1 Å². The molecule has 0 radical (unpaired) electrons. The molecule has 0 saturated carbocycles. The van der Waals surface area contributed by atoms with Crippen LogP contribution in [0.5, 0.6) is 0 Å². The molecule has 1 aromatic heterocycles. The lowest BCUT2D eigenvalue weighted by Crippen LogP contribution is -2.50. The van der Waals surface area contributed by atoms with E-state index in [1.165, 1.54) is 25.9 Å². The summed E-state index contributed by atoms with van der Waals surface area (Å²) in [4.78, 5) is 33.2. The Hall–Kier alpha value is -1.66. The van der Waals surface area contributed by atoms with Crippen LogP contribution in [0.25, 0.3) is 0 Å². The molecule has 2 fully saturated rings. The van der Waals surface area contributed by atoms with E-state index < -0.39 is 0 Å². The van der Waals surface area contributed by atoms with Crippen molar-refractivity contribution in [3.63, 3.8) is 0 Å². The third kappa shape index (κ3) is 3.83. The van der Waals surface area contributed by atoms with Crippen LogP contribution in [0.2, 0.25) is 0 Å². The molecule has 3 aliphatic rings. The molecule has 0 atom stereocenters. The van der Waals surface area contributed by atoms with E-state index in [0.29, 0.717) is 18.2 Å². The zero-order valence-corrected chi connectivity index (χ0v) is 16.6. The fraction of sp³-hybridized carbons (Fsp3) is 0.714. The maximum Gasteiger partial charge on any atom is 0.268 e. The van der Waals surface area contributed by atoms with E-state index >= 15 is 0 Å². The van der Waals surface area contributed by atoms with Crippen molar-refractivity contribution in [1.82, 2.24) is 20.1 Å². The average molecular weight is 373 g/mol. The van der Waals surface area contributed by atoms with E-state index in [0.717, 1.165) is 55.6 Å². The first-order valence-electron chi connectivity index (χ1n) is 10.5. The van der Waals surface area contributed by atoms with Crippen LogP contribution in [0.15, 0.2) is 0 Å². The number of hydrogen-bond donors (Lipinski definition) is 2. The molecule has 4 rings (SSSR count). The van der Waals surface area contributed by atoms with Gasteiger partial charge in [0.25, 0.3) is 5.91 Å². The topological polar surface area (TPSA) is 68.4 Å². The number of ketones is 1. The summed E-state index contributed by atoms with van der Waals surface area (Å²) in [5, 5.41) is 3.21. The lowest BCUT2D eigenvalue weighted by atomic mass is 9.93. The van der Waals surface area contributed by atoms with Crippen LogP contribution < -0.4 is 5.32 Å². The number of rotatable bonds is 3. The number of H-pyrrole nitrogens is 1. The molecule has 0 aromatic carbocycles. The van der Waals surface area contributed by atoms with Gasteiger partial charge in [-0.3, -0.25) is 9.59 Å². The largest absolute Gasteiger partial charge is 0.354 e. The van der Waals surface area contributed by atoms with Crippen molar-refractivity contribution < 1.29 is 9.59 Å². The summed E-state index contributed by atoms with van der Waals surface area (Å²) in [7, 11) is 2.20. The van der Waals surface area contributed by atoms with Crippen molar-refractivity contribution in [2.24, 2.45) is 0 Å². The molecule has 1 aliphatic carbocycles. The Labute approximate surface area is 161 Å². The number of likely N-dealkylation sites (tertiary alicyclic amines) is 2. The zero-order chi connectivity index (χ0) is 19.0. The molecule has 6 heteroatoms. The second kappa shape index (κ2) is 7.76. The maximum atomic E-state index is 12.8. The Morgan fingerprint density at radius 1 is 1.07 bits per heavy atom. The predicted octanol–water partition coefficient (Wildman–Crippen LogP) is 2.13. The van der Waals surface area contributed by atoms with Crippen LogP contribution in [0.1, 0.15) is 70.6 Å². The molecular weight excluding hydrogens is 340 g/mol. The molecule has 2 aliphatic heterocycles. The summed E-state index contributed by atoms with van der Waals surface area (Å²) in [6, 6.07) is 0.941. The summed E-state index contributed by atoms with van der Waals surface area (Å²) in [5.41, 5.74) is 3.14. The zero-order valence-electron chi connectivity index (χ0n) is 16.6. The van der Waals surface area contributed by atoms with Gasteiger partial charge in [-0.15, -0.1) is 0 Å². The van der Waals surface area contributed by atoms with E-state index in [-0.39, 0.29) is 17.7 Å². The quantitative estimate of drug-likeness (QED) is 0.853. The van der Waals surface area contributed by atoms with Gasteiger partial charge in [0, 0.05) is 42.9 Å². The van der Waals surface area contributed by atoms with Gasteiger partial charge in [-0.05, 0) is 71.1 Å². The summed E-state index contributed by atoms with van der Waals surface area (Å²) in [6.07, 6.45) is 6.88. The van der Waals surface area contributed by atoms with Crippen molar-refractivity contribution in [2.75, 3.05) is 33.2 Å². The van der Waals surface area contributed by atoms with Crippen molar-refractivity contribution in [1.29, 1.82) is 0 Å². The number of nitrogens with zero attached hydrogens (tertiary/aromatic N) is 2. The highest BCUT2D eigenvalue weighted by molar-refractivity contribution is 6.04. The number of Topliss-reactive ketones (excluding diaryl/α,β-unsaturated/α-hetero) is 1. The fourth-order valence-electron chi connectivity index (χ4n) is 5.03. The Balaban J connectivity index is 1.33. The Kier molecular flexibility index (Phi) is 5.37. The monoisotopic (exact) mass is 372 g/mol. The first-order chi connectivity index (χ1) is 13.0. The van der Waals surface area contributed by atoms with Gasteiger partial charge in [0.05, 0.1) is 0 Å². The molecule has 27 heavy (non-hydrogen) atoms. The molecule has 3 heterocycles. The molecule has 6 nitrogen and oxygen atoms in total. The minimum absolute atomic E-state index is 0.0487. The van der Waals surface area contributed by atoms with Gasteiger partial charge >= 0.3 is 0 Å². The van der Waals surface area contributed by atoms with Gasteiger partial charge in [-0.2, -0.15) is 0 Å². The highest BCUT2D eigenvalue weighted by Crippen LogP contribution is 2.27. The van der Waals surface area contributed by atoms with Crippen LogP contribution >= 0.6 is 0 Å². The van der Waals surface area contributed by atoms with Crippen molar-refractivity contribution >= 4 is 11.7 Å². The summed E-state index contributed by atoms with van der Waals surface area (Å²) >= 11 is 0. The number of nitrogens with one attached hydrogen (secondary N) is 2. The van der Waals surface area contributed by atoms with E-state index in [1.54, 1.807) is 0 Å². The van der Waals surface area contributed by atoms with Gasteiger partial charge in [0.15, 0.2) is 5.78 Å². The van der Waals surface area contributed by atoms with Crippen LogP contribution in [0, 0.1) is 6.92 Å². The van der Waals surface area contributed by atoms with Crippen LogP contribution in [-0.2, 0) is 6.42 Å². The number of fused-ring (bicyclic) bond motifs is 1. The number of carbonyl (C=O) groups excluding carboxylic acids is 2. The number of carbonyl (C=O) groups is 2. The normalized spacial score (nSPS) is 23.4. The van der Waals surface area contributed by atoms with Crippen LogP contribution in [-0.4, -0.2) is 71.8 Å². The number of piperidine rings is 2. The van der Waals surface area contributed by atoms with Gasteiger partial charge in [-0.25, -0.2) is 0 Å². The minimum atomic E-state index is -0.0487. The Bertz CT molecular complexity index is 710. The molecule has 0 bridgehead atoms. The van der Waals surface area contributed by atoms with E-state index in [9.17, 15) is 9.59 Å². The predicted molar refractivity (Wildman–Crippen MR) is 105 cm³/mol. The molecule has 0 unspecified atom stereocenters. The highest BCUT2D eigenvalue weighted by atomic mass is 16.2. The molecule has 148 valence electrons. The molecule has 2 N–H and O–H groups in total. The van der Waals surface area contributed by atoms with Crippen molar-refractivity contribution in [3.05, 3.63) is 22.5 Å². The number of aryl methyl sites for hydroxylation is 1. The number of aromatic amines is 1. The lowest BCUT2D eigenvalue weighted by Gasteiger charge is -2.41. The number of hydrogen-bond acceptors (Lipinski definition) is 4. The third-order valence-electron chi connectivity index (χ3n) is 6.73. The maximum absolute atomic E-state index is 12.8. The number of aromatic nitrogens is 1. The fourth-order valence-corrected chi connectivity index (χ4v) is 5.03. The highest BCUT2D eigenvalue weighted by Gasteiger charge is 2.30. The van der Waals surface area contributed by atoms with E-state index in [4.69, 9.17) is 0 Å². The molecule has 2 saturated heterocycles. The molecular formula is C21H32N4O2. The summed E-state index contributed by atoms with van der Waals surface area (Å²) in [5.74, 6) is 0.128. The second-order valence-electron chi connectivity index (χ2n) is 8.57. The second-order valence-corrected chi connectivity index (χ2v) is 8.57. The molecule has 1 aromatic rings. The van der Waals surface area contributed by atoms with Gasteiger partial charge in [-0.1, -0.05) is 0 Å². The van der Waals surface area contributed by atoms with E-state index in [1.807, 2.05) is 6.92 Å².